The second kappa shape index (κ2) is 6.44. The third-order valence-corrected chi connectivity index (χ3v) is 4.89. The maximum atomic E-state index is 12.4. The van der Waals surface area contributed by atoms with E-state index in [-0.39, 0.29) is 30.1 Å². The fourth-order valence-corrected chi connectivity index (χ4v) is 3.36. The number of morpholine rings is 1. The van der Waals surface area contributed by atoms with Gasteiger partial charge in [-0.2, -0.15) is 0 Å². The number of nitrogens with one attached hydrogen (secondary N) is 2. The molecule has 3 atom stereocenters. The van der Waals surface area contributed by atoms with Crippen molar-refractivity contribution in [2.45, 2.75) is 57.8 Å². The van der Waals surface area contributed by atoms with Crippen molar-refractivity contribution in [2.24, 2.45) is 11.8 Å². The summed E-state index contributed by atoms with van der Waals surface area (Å²) in [6.45, 7) is 5.93. The summed E-state index contributed by atoms with van der Waals surface area (Å²) >= 11 is 0. The summed E-state index contributed by atoms with van der Waals surface area (Å²) in [7, 11) is 0. The van der Waals surface area contributed by atoms with Gasteiger partial charge in [-0.15, -0.1) is 0 Å². The summed E-state index contributed by atoms with van der Waals surface area (Å²) in [5.74, 6) is 0.442. The highest BCUT2D eigenvalue weighted by atomic mass is 16.5. The van der Waals surface area contributed by atoms with Crippen LogP contribution in [-0.2, 0) is 9.53 Å². The van der Waals surface area contributed by atoms with Gasteiger partial charge in [0.25, 0.3) is 0 Å². The molecule has 2 N–H and O–H groups in total. The quantitative estimate of drug-likeness (QED) is 0.817. The van der Waals surface area contributed by atoms with Crippen molar-refractivity contribution < 1.29 is 14.3 Å². The Morgan fingerprint density at radius 2 is 2.05 bits per heavy atom. The van der Waals surface area contributed by atoms with Gasteiger partial charge < -0.3 is 20.3 Å². The first-order valence-corrected chi connectivity index (χ1v) is 8.51. The van der Waals surface area contributed by atoms with Crippen LogP contribution in [0.15, 0.2) is 0 Å². The third-order valence-electron chi connectivity index (χ3n) is 4.89. The molecular weight excluding hydrogens is 282 g/mol. The molecule has 0 unspecified atom stereocenters. The number of carbonyl (C=O) groups is 2. The van der Waals surface area contributed by atoms with Gasteiger partial charge >= 0.3 is 6.03 Å². The van der Waals surface area contributed by atoms with E-state index in [9.17, 15) is 9.59 Å². The second-order valence-electron chi connectivity index (χ2n) is 7.26. The Balaban J connectivity index is 1.52. The largest absolute Gasteiger partial charge is 0.370 e. The lowest BCUT2D eigenvalue weighted by Crippen LogP contribution is -2.52. The molecule has 1 aliphatic carbocycles. The lowest BCUT2D eigenvalue weighted by Gasteiger charge is -2.33. The Labute approximate surface area is 131 Å². The van der Waals surface area contributed by atoms with E-state index in [0.29, 0.717) is 31.6 Å². The number of hydrogen-bond donors (Lipinski definition) is 2. The maximum Gasteiger partial charge on any atom is 0.317 e. The van der Waals surface area contributed by atoms with Crippen LogP contribution in [0, 0.1) is 11.8 Å². The molecule has 3 aliphatic rings. The first kappa shape index (κ1) is 15.6. The van der Waals surface area contributed by atoms with Crippen LogP contribution in [0.4, 0.5) is 4.79 Å². The van der Waals surface area contributed by atoms with E-state index < -0.39 is 0 Å². The molecule has 0 radical (unpaired) electrons. The number of nitrogens with zero attached hydrogens (tertiary/aromatic N) is 1. The molecular formula is C16H27N3O3. The summed E-state index contributed by atoms with van der Waals surface area (Å²) in [4.78, 5) is 26.4. The Kier molecular flexibility index (Phi) is 4.57. The topological polar surface area (TPSA) is 70.7 Å². The van der Waals surface area contributed by atoms with Gasteiger partial charge in [0.2, 0.25) is 5.91 Å². The zero-order valence-corrected chi connectivity index (χ0v) is 13.5. The van der Waals surface area contributed by atoms with E-state index in [1.165, 1.54) is 6.42 Å². The van der Waals surface area contributed by atoms with E-state index in [1.54, 1.807) is 4.90 Å². The smallest absolute Gasteiger partial charge is 0.317 e. The summed E-state index contributed by atoms with van der Waals surface area (Å²) in [5, 5.41) is 6.06. The molecule has 0 spiro atoms. The van der Waals surface area contributed by atoms with E-state index in [1.807, 2.05) is 0 Å². The molecule has 0 aromatic heterocycles. The number of ether oxygens (including phenoxy) is 1. The minimum absolute atomic E-state index is 0.000639. The highest BCUT2D eigenvalue weighted by Gasteiger charge is 2.46. The third kappa shape index (κ3) is 3.37. The Morgan fingerprint density at radius 3 is 2.68 bits per heavy atom. The Morgan fingerprint density at radius 1 is 1.27 bits per heavy atom. The predicted octanol–water partition coefficient (Wildman–Crippen LogP) is 1.11. The number of urea groups is 1. The summed E-state index contributed by atoms with van der Waals surface area (Å²) < 4.78 is 5.89. The lowest BCUT2D eigenvalue weighted by atomic mass is 9.91. The molecule has 2 aliphatic heterocycles. The zero-order chi connectivity index (χ0) is 15.7. The average molecular weight is 309 g/mol. The molecule has 22 heavy (non-hydrogen) atoms. The molecule has 1 saturated carbocycles. The molecule has 2 heterocycles. The summed E-state index contributed by atoms with van der Waals surface area (Å²) in [5.41, 5.74) is 0. The van der Waals surface area contributed by atoms with E-state index in [2.05, 4.69) is 24.5 Å². The maximum absolute atomic E-state index is 12.4. The number of rotatable bonds is 4. The normalized spacial score (nSPS) is 31.0. The second-order valence-corrected chi connectivity index (χ2v) is 7.26. The van der Waals surface area contributed by atoms with Crippen LogP contribution < -0.4 is 10.6 Å². The predicted molar refractivity (Wildman–Crippen MR) is 82.4 cm³/mol. The van der Waals surface area contributed by atoms with Gasteiger partial charge in [0.05, 0.1) is 18.1 Å². The van der Waals surface area contributed by atoms with Crippen LogP contribution in [-0.4, -0.2) is 54.7 Å². The molecule has 6 heteroatoms. The monoisotopic (exact) mass is 309 g/mol. The lowest BCUT2D eigenvalue weighted by molar-refractivity contribution is -0.128. The highest BCUT2D eigenvalue weighted by Crippen LogP contribution is 2.32. The van der Waals surface area contributed by atoms with E-state index in [0.717, 1.165) is 19.3 Å². The zero-order valence-electron chi connectivity index (χ0n) is 13.5. The Hall–Kier alpha value is -1.30. The highest BCUT2D eigenvalue weighted by molar-refractivity contribution is 5.80. The number of likely N-dealkylation sites (tertiary alicyclic amines) is 1. The van der Waals surface area contributed by atoms with Gasteiger partial charge in [-0.3, -0.25) is 4.79 Å². The molecule has 2 bridgehead atoms. The van der Waals surface area contributed by atoms with Crippen molar-refractivity contribution in [1.29, 1.82) is 0 Å². The van der Waals surface area contributed by atoms with Crippen LogP contribution in [0.1, 0.15) is 39.5 Å². The minimum Gasteiger partial charge on any atom is -0.370 e. The first-order chi connectivity index (χ1) is 10.5. The van der Waals surface area contributed by atoms with Crippen molar-refractivity contribution in [2.75, 3.05) is 19.6 Å². The number of fused-ring (bicyclic) bond motifs is 2. The fourth-order valence-electron chi connectivity index (χ4n) is 3.36. The van der Waals surface area contributed by atoms with Crippen molar-refractivity contribution in [3.63, 3.8) is 0 Å². The Bertz CT molecular complexity index is 436. The fraction of sp³-hybridized carbons (Fsp3) is 0.875. The number of hydrogen-bond acceptors (Lipinski definition) is 3. The molecule has 2 saturated heterocycles. The first-order valence-electron chi connectivity index (χ1n) is 8.51. The van der Waals surface area contributed by atoms with Gasteiger partial charge in [0, 0.05) is 25.7 Å². The number of carbonyl (C=O) groups excluding carboxylic acids is 2. The van der Waals surface area contributed by atoms with Crippen LogP contribution >= 0.6 is 0 Å². The van der Waals surface area contributed by atoms with Crippen LogP contribution in [0.25, 0.3) is 0 Å². The van der Waals surface area contributed by atoms with Gasteiger partial charge in [-0.05, 0) is 31.6 Å². The molecule has 6 nitrogen and oxygen atoms in total. The van der Waals surface area contributed by atoms with Crippen LogP contribution in [0.5, 0.6) is 0 Å². The van der Waals surface area contributed by atoms with Crippen LogP contribution in [0.2, 0.25) is 0 Å². The average Bonchev–Trinajstić information content (AvgIpc) is 2.74. The summed E-state index contributed by atoms with van der Waals surface area (Å²) in [6, 6.07) is 0.324. The van der Waals surface area contributed by atoms with Crippen LogP contribution in [0.3, 0.4) is 0 Å². The van der Waals surface area contributed by atoms with Crippen molar-refractivity contribution in [1.82, 2.24) is 15.5 Å². The SMILES string of the molecule is CC(C)CNC(=O)N1C[C@H]2C[C@H](C(=O)NC3CCC3)[C@@H](C1)O2. The van der Waals surface area contributed by atoms with Gasteiger partial charge in [0.15, 0.2) is 0 Å². The van der Waals surface area contributed by atoms with E-state index >= 15 is 0 Å². The van der Waals surface area contributed by atoms with Crippen molar-refractivity contribution in [3.8, 4) is 0 Å². The van der Waals surface area contributed by atoms with Gasteiger partial charge in [-0.25, -0.2) is 4.79 Å². The standard InChI is InChI=1S/C16H27N3O3/c1-10(2)7-17-16(21)19-8-12-6-13(14(9-19)22-12)15(20)18-11-4-3-5-11/h10-14H,3-9H2,1-2H3,(H,17,21)(H,18,20)/t12-,13+,14-/m1/s1. The molecule has 0 aromatic rings. The van der Waals surface area contributed by atoms with Crippen molar-refractivity contribution >= 4 is 11.9 Å². The molecule has 0 aromatic carbocycles. The van der Waals surface area contributed by atoms with Gasteiger partial charge in [0.1, 0.15) is 0 Å². The summed E-state index contributed by atoms with van der Waals surface area (Å²) in [6.07, 6.45) is 3.98. The van der Waals surface area contributed by atoms with Gasteiger partial charge in [-0.1, -0.05) is 13.8 Å². The minimum atomic E-state index is -0.149. The number of amides is 3. The van der Waals surface area contributed by atoms with E-state index in [4.69, 9.17) is 4.74 Å². The molecule has 3 rings (SSSR count). The molecule has 3 amide bonds. The molecule has 3 fully saturated rings. The molecule has 124 valence electrons. The van der Waals surface area contributed by atoms with Crippen molar-refractivity contribution in [3.05, 3.63) is 0 Å².